The Hall–Kier alpha value is -2.34. The second kappa shape index (κ2) is 8.99. The molecule has 0 spiro atoms. The van der Waals surface area contributed by atoms with Gasteiger partial charge in [0.05, 0.1) is 12.0 Å². The molecule has 1 unspecified atom stereocenters. The first-order valence-electron chi connectivity index (χ1n) is 10.5. The number of methoxy groups -OCH3 is 1. The topological polar surface area (TPSA) is 58.6 Å². The highest BCUT2D eigenvalue weighted by Gasteiger charge is 2.28. The van der Waals surface area contributed by atoms with Crippen LogP contribution < -0.4 is 10.1 Å². The molecule has 0 saturated carbocycles. The van der Waals surface area contributed by atoms with Crippen molar-refractivity contribution in [2.24, 2.45) is 5.92 Å². The van der Waals surface area contributed by atoms with Crippen LogP contribution in [-0.4, -0.2) is 36.9 Å². The summed E-state index contributed by atoms with van der Waals surface area (Å²) in [5, 5.41) is 3.07. The fraction of sp³-hybridized carbons (Fsp3) is 0.478. The first kappa shape index (κ1) is 20.0. The van der Waals surface area contributed by atoms with E-state index in [-0.39, 0.29) is 17.7 Å². The number of hydrogen-bond donors (Lipinski definition) is 1. The van der Waals surface area contributed by atoms with Crippen molar-refractivity contribution in [3.05, 3.63) is 51.2 Å². The van der Waals surface area contributed by atoms with Crippen molar-refractivity contribution in [2.75, 3.05) is 20.2 Å². The Balaban J connectivity index is 1.34. The molecule has 29 heavy (non-hydrogen) atoms. The Labute approximate surface area is 176 Å². The summed E-state index contributed by atoms with van der Waals surface area (Å²) < 4.78 is 5.17. The van der Waals surface area contributed by atoms with E-state index < -0.39 is 0 Å². The maximum absolute atomic E-state index is 12.8. The fourth-order valence-electron chi connectivity index (χ4n) is 4.18. The number of nitrogens with one attached hydrogen (secondary N) is 1. The smallest absolute Gasteiger partial charge is 0.263 e. The first-order chi connectivity index (χ1) is 14.1. The van der Waals surface area contributed by atoms with Gasteiger partial charge in [0.15, 0.2) is 0 Å². The molecule has 1 aromatic heterocycles. The van der Waals surface area contributed by atoms with Crippen molar-refractivity contribution in [1.82, 2.24) is 10.2 Å². The number of ether oxygens (including phenoxy) is 1. The maximum Gasteiger partial charge on any atom is 0.263 e. The lowest BCUT2D eigenvalue weighted by molar-refractivity contribution is -0.125. The molecule has 1 aliphatic carbocycles. The van der Waals surface area contributed by atoms with E-state index in [9.17, 15) is 9.59 Å². The number of carbonyl (C=O) groups is 2. The predicted octanol–water partition coefficient (Wildman–Crippen LogP) is 3.80. The number of benzene rings is 1. The second-order valence-corrected chi connectivity index (χ2v) is 9.05. The Bertz CT molecular complexity index is 869. The zero-order valence-electron chi connectivity index (χ0n) is 16.9. The molecule has 1 aliphatic heterocycles. The van der Waals surface area contributed by atoms with Gasteiger partial charge in [0.2, 0.25) is 5.91 Å². The number of likely N-dealkylation sites (tertiary alicyclic amines) is 1. The van der Waals surface area contributed by atoms with Crippen molar-refractivity contribution in [3.8, 4) is 5.75 Å². The average molecular weight is 413 g/mol. The van der Waals surface area contributed by atoms with E-state index in [4.69, 9.17) is 4.74 Å². The van der Waals surface area contributed by atoms with Crippen LogP contribution in [0.1, 0.15) is 51.4 Å². The van der Waals surface area contributed by atoms with Crippen molar-refractivity contribution < 1.29 is 14.3 Å². The van der Waals surface area contributed by atoms with E-state index in [1.165, 1.54) is 16.9 Å². The lowest BCUT2D eigenvalue weighted by Gasteiger charge is -2.26. The maximum atomic E-state index is 12.8. The number of amides is 2. The van der Waals surface area contributed by atoms with Crippen LogP contribution in [0.4, 0.5) is 0 Å². The van der Waals surface area contributed by atoms with Crippen LogP contribution in [0.15, 0.2) is 30.3 Å². The van der Waals surface area contributed by atoms with E-state index >= 15 is 0 Å². The zero-order chi connectivity index (χ0) is 20.2. The van der Waals surface area contributed by atoms with Crippen LogP contribution in [0.2, 0.25) is 0 Å². The van der Waals surface area contributed by atoms with Crippen molar-refractivity contribution in [2.45, 2.75) is 45.1 Å². The molecular weight excluding hydrogens is 384 g/mol. The molecule has 1 fully saturated rings. The number of aryl methyl sites for hydroxylation is 1. The number of nitrogens with zero attached hydrogens (tertiary/aromatic N) is 1. The van der Waals surface area contributed by atoms with Crippen LogP contribution >= 0.6 is 11.3 Å². The third kappa shape index (κ3) is 4.64. The summed E-state index contributed by atoms with van der Waals surface area (Å²) in [5.74, 6) is 1.06. The molecule has 0 bridgehead atoms. The Morgan fingerprint density at radius 3 is 2.66 bits per heavy atom. The summed E-state index contributed by atoms with van der Waals surface area (Å²) in [6.45, 7) is 2.27. The third-order valence-corrected chi connectivity index (χ3v) is 7.16. The molecule has 6 heteroatoms. The predicted molar refractivity (Wildman–Crippen MR) is 114 cm³/mol. The van der Waals surface area contributed by atoms with E-state index in [0.717, 1.165) is 61.4 Å². The molecule has 154 valence electrons. The lowest BCUT2D eigenvalue weighted by Crippen LogP contribution is -2.35. The van der Waals surface area contributed by atoms with E-state index in [1.807, 2.05) is 35.2 Å². The molecule has 1 N–H and O–H groups in total. The number of thiophene rings is 1. The Morgan fingerprint density at radius 2 is 1.93 bits per heavy atom. The normalized spacial score (nSPS) is 18.8. The summed E-state index contributed by atoms with van der Waals surface area (Å²) >= 11 is 1.63. The molecule has 2 heterocycles. The van der Waals surface area contributed by atoms with Gasteiger partial charge in [0.25, 0.3) is 5.91 Å². The fourth-order valence-corrected chi connectivity index (χ4v) is 5.36. The van der Waals surface area contributed by atoms with E-state index in [0.29, 0.717) is 6.54 Å². The number of piperidine rings is 1. The molecule has 1 aromatic carbocycles. The van der Waals surface area contributed by atoms with Crippen LogP contribution in [0.5, 0.6) is 5.75 Å². The third-order valence-electron chi connectivity index (χ3n) is 5.93. The van der Waals surface area contributed by atoms with Crippen LogP contribution in [0.25, 0.3) is 0 Å². The SMILES string of the molecule is COc1ccc(CNC(=O)C2CCc3sc(C(=O)N4CCCCC4)cc3C2)cc1. The van der Waals surface area contributed by atoms with Gasteiger partial charge in [-0.05, 0) is 67.9 Å². The van der Waals surface area contributed by atoms with E-state index in [1.54, 1.807) is 18.4 Å². The minimum absolute atomic E-state index is 0.0201. The largest absolute Gasteiger partial charge is 0.497 e. The van der Waals surface area contributed by atoms with E-state index in [2.05, 4.69) is 5.32 Å². The lowest BCUT2D eigenvalue weighted by atomic mass is 9.87. The van der Waals surface area contributed by atoms with Crippen molar-refractivity contribution >= 4 is 23.2 Å². The number of fused-ring (bicyclic) bond motifs is 1. The molecule has 4 rings (SSSR count). The summed E-state index contributed by atoms with van der Waals surface area (Å²) in [4.78, 5) is 29.6. The first-order valence-corrected chi connectivity index (χ1v) is 11.3. The standard InChI is InChI=1S/C23H28N2O3S/c1-28-19-8-5-16(6-9-19)15-24-22(26)17-7-10-20-18(13-17)14-21(29-20)23(27)25-11-3-2-4-12-25/h5-6,8-9,14,17H,2-4,7,10-13,15H2,1H3,(H,24,26). The van der Waals surface area contributed by atoms with Gasteiger partial charge >= 0.3 is 0 Å². The van der Waals surface area contributed by atoms with Gasteiger partial charge in [-0.3, -0.25) is 9.59 Å². The minimum atomic E-state index is -0.0201. The number of hydrogen-bond acceptors (Lipinski definition) is 4. The molecule has 1 atom stereocenters. The van der Waals surface area contributed by atoms with Crippen LogP contribution in [0.3, 0.4) is 0 Å². The molecular formula is C23H28N2O3S. The van der Waals surface area contributed by atoms with Gasteiger partial charge < -0.3 is 15.0 Å². The molecule has 2 aromatic rings. The highest BCUT2D eigenvalue weighted by Crippen LogP contribution is 2.33. The summed E-state index contributed by atoms with van der Waals surface area (Å²) in [6.07, 6.45) is 5.89. The van der Waals surface area contributed by atoms with Gasteiger partial charge in [0, 0.05) is 30.4 Å². The van der Waals surface area contributed by atoms with Gasteiger partial charge in [0.1, 0.15) is 5.75 Å². The molecule has 2 amide bonds. The zero-order valence-corrected chi connectivity index (χ0v) is 17.7. The molecule has 1 saturated heterocycles. The number of carbonyl (C=O) groups excluding carboxylic acids is 2. The quantitative estimate of drug-likeness (QED) is 0.813. The summed E-state index contributed by atoms with van der Waals surface area (Å²) in [7, 11) is 1.64. The Kier molecular flexibility index (Phi) is 6.19. The van der Waals surface area contributed by atoms with Gasteiger partial charge in [-0.1, -0.05) is 12.1 Å². The van der Waals surface area contributed by atoms with Gasteiger partial charge in [-0.15, -0.1) is 11.3 Å². The summed E-state index contributed by atoms with van der Waals surface area (Å²) in [5.41, 5.74) is 2.24. The van der Waals surface area contributed by atoms with Gasteiger partial charge in [-0.2, -0.15) is 0 Å². The van der Waals surface area contributed by atoms with Gasteiger partial charge in [-0.25, -0.2) is 0 Å². The van der Waals surface area contributed by atoms with Crippen molar-refractivity contribution in [3.63, 3.8) is 0 Å². The number of rotatable bonds is 5. The Morgan fingerprint density at radius 1 is 1.17 bits per heavy atom. The monoisotopic (exact) mass is 412 g/mol. The minimum Gasteiger partial charge on any atom is -0.497 e. The highest BCUT2D eigenvalue weighted by atomic mass is 32.1. The second-order valence-electron chi connectivity index (χ2n) is 7.92. The summed E-state index contributed by atoms with van der Waals surface area (Å²) in [6, 6.07) is 9.78. The van der Waals surface area contributed by atoms with Crippen LogP contribution in [-0.2, 0) is 24.2 Å². The highest BCUT2D eigenvalue weighted by molar-refractivity contribution is 7.14. The molecule has 0 radical (unpaired) electrons. The molecule has 5 nitrogen and oxygen atoms in total. The average Bonchev–Trinajstić information content (AvgIpc) is 3.21. The van der Waals surface area contributed by atoms with Crippen molar-refractivity contribution in [1.29, 1.82) is 0 Å². The van der Waals surface area contributed by atoms with Crippen LogP contribution in [0, 0.1) is 5.92 Å². The molecule has 2 aliphatic rings.